The lowest BCUT2D eigenvalue weighted by molar-refractivity contribution is 0.0665. The van der Waals surface area contributed by atoms with Crippen LogP contribution in [0.15, 0.2) is 53.7 Å². The summed E-state index contributed by atoms with van der Waals surface area (Å²) in [7, 11) is 1.92. The van der Waals surface area contributed by atoms with Gasteiger partial charge in [0.15, 0.2) is 0 Å². The molecule has 3 aromatic heterocycles. The van der Waals surface area contributed by atoms with E-state index in [4.69, 9.17) is 4.98 Å². The molecule has 0 saturated carbocycles. The molecule has 32 heavy (non-hydrogen) atoms. The predicted molar refractivity (Wildman–Crippen MR) is 120 cm³/mol. The van der Waals surface area contributed by atoms with Crippen LogP contribution in [0.5, 0.6) is 0 Å². The van der Waals surface area contributed by atoms with Gasteiger partial charge in [0.2, 0.25) is 0 Å². The van der Waals surface area contributed by atoms with Crippen molar-refractivity contribution < 1.29 is 4.79 Å². The van der Waals surface area contributed by atoms with E-state index < -0.39 is 0 Å². The number of piperidine rings is 1. The third-order valence-corrected chi connectivity index (χ3v) is 7.19. The lowest BCUT2D eigenvalue weighted by Gasteiger charge is -2.39. The Kier molecular flexibility index (Phi) is 4.11. The molecule has 0 radical (unpaired) electrons. The summed E-state index contributed by atoms with van der Waals surface area (Å²) in [6, 6.07) is 9.77. The number of carbonyl (C=O) groups is 1. The molecule has 162 valence electrons. The third kappa shape index (κ3) is 2.75. The lowest BCUT2D eigenvalue weighted by Crippen LogP contribution is -2.45. The summed E-state index contributed by atoms with van der Waals surface area (Å²) >= 11 is 0. The first-order chi connectivity index (χ1) is 15.6. The minimum absolute atomic E-state index is 0.0127. The van der Waals surface area contributed by atoms with Crippen molar-refractivity contribution in [2.75, 3.05) is 13.1 Å². The van der Waals surface area contributed by atoms with Gasteiger partial charge in [0.05, 0.1) is 11.9 Å². The van der Waals surface area contributed by atoms with Gasteiger partial charge in [0.25, 0.3) is 11.5 Å². The van der Waals surface area contributed by atoms with Gasteiger partial charge >= 0.3 is 0 Å². The molecule has 8 nitrogen and oxygen atoms in total. The first kappa shape index (κ1) is 19.0. The summed E-state index contributed by atoms with van der Waals surface area (Å²) in [5.41, 5.74) is 3.92. The van der Waals surface area contributed by atoms with E-state index in [2.05, 4.69) is 10.1 Å². The number of fused-ring (bicyclic) bond motifs is 3. The van der Waals surface area contributed by atoms with E-state index in [0.29, 0.717) is 24.5 Å². The Hall–Kier alpha value is -3.68. The minimum Gasteiger partial charge on any atom is -0.338 e. The van der Waals surface area contributed by atoms with E-state index in [1.165, 1.54) is 0 Å². The number of hydrogen-bond donors (Lipinski definition) is 1. The molecule has 0 bridgehead atoms. The number of aromatic amines is 1. The van der Waals surface area contributed by atoms with Crippen molar-refractivity contribution in [2.45, 2.75) is 31.1 Å². The maximum Gasteiger partial charge on any atom is 0.259 e. The maximum atomic E-state index is 13.3. The molecule has 1 saturated heterocycles. The van der Waals surface area contributed by atoms with Crippen LogP contribution in [0.4, 0.5) is 0 Å². The molecule has 0 atom stereocenters. The summed E-state index contributed by atoms with van der Waals surface area (Å²) in [6.07, 6.45) is 8.68. The number of nitrogens with one attached hydrogen (secondary N) is 1. The first-order valence-electron chi connectivity index (χ1n) is 11.0. The zero-order valence-electron chi connectivity index (χ0n) is 17.9. The Bertz CT molecular complexity index is 1390. The molecule has 4 heterocycles. The standard InChI is InChI=1S/C24H24N6O2/c1-28-13-14-30-22(28)18(15-25-30)23(32)29-11-9-24(10-12-29)8-7-17-19(24)26-20(27-21(17)31)16-5-3-2-4-6-16/h2-6,13-15H,7-12H2,1H3,(H,26,27,31). The number of aromatic nitrogens is 5. The highest BCUT2D eigenvalue weighted by molar-refractivity contribution is 5.99. The number of aryl methyl sites for hydroxylation is 1. The summed E-state index contributed by atoms with van der Waals surface area (Å²) in [6.45, 7) is 1.30. The number of hydrogen-bond acceptors (Lipinski definition) is 4. The van der Waals surface area contributed by atoms with Crippen LogP contribution in [0, 0.1) is 0 Å². The number of imidazole rings is 1. The number of nitrogens with zero attached hydrogens (tertiary/aromatic N) is 5. The van der Waals surface area contributed by atoms with Gasteiger partial charge in [-0.2, -0.15) is 5.10 Å². The molecule has 1 aliphatic carbocycles. The quantitative estimate of drug-likeness (QED) is 0.531. The maximum absolute atomic E-state index is 13.3. The highest BCUT2D eigenvalue weighted by atomic mass is 16.2. The predicted octanol–water partition coefficient (Wildman–Crippen LogP) is 2.54. The van der Waals surface area contributed by atoms with Crippen molar-refractivity contribution >= 4 is 11.6 Å². The van der Waals surface area contributed by atoms with E-state index in [1.807, 2.05) is 59.2 Å². The topological polar surface area (TPSA) is 88.3 Å². The molecule has 1 spiro atoms. The van der Waals surface area contributed by atoms with Gasteiger partial charge in [0.1, 0.15) is 17.0 Å². The molecule has 2 aliphatic rings. The molecule has 1 aromatic carbocycles. The fourth-order valence-electron chi connectivity index (χ4n) is 5.38. The number of H-pyrrole nitrogens is 1. The number of carbonyl (C=O) groups excluding carboxylic acids is 1. The highest BCUT2D eigenvalue weighted by Crippen LogP contribution is 2.44. The summed E-state index contributed by atoms with van der Waals surface area (Å²) in [4.78, 5) is 35.9. The largest absolute Gasteiger partial charge is 0.338 e. The average molecular weight is 428 g/mol. The Labute approximate surface area is 184 Å². The van der Waals surface area contributed by atoms with Crippen LogP contribution in [0.25, 0.3) is 17.0 Å². The van der Waals surface area contributed by atoms with Gasteiger partial charge in [-0.3, -0.25) is 9.59 Å². The second kappa shape index (κ2) is 6.91. The molecule has 1 N–H and O–H groups in total. The second-order valence-corrected chi connectivity index (χ2v) is 8.92. The Balaban J connectivity index is 1.29. The Morgan fingerprint density at radius 2 is 1.88 bits per heavy atom. The van der Waals surface area contributed by atoms with Crippen molar-refractivity contribution in [3.05, 3.63) is 76.1 Å². The van der Waals surface area contributed by atoms with Gasteiger partial charge in [0, 0.05) is 49.1 Å². The molecule has 6 rings (SSSR count). The number of benzene rings is 1. The molecule has 4 aromatic rings. The SMILES string of the molecule is Cn1ccn2ncc(C(=O)N3CCC4(CCc5c4nc(-c4ccccc4)[nH]c5=O)CC3)c12. The van der Waals surface area contributed by atoms with Crippen LogP contribution < -0.4 is 5.56 Å². The van der Waals surface area contributed by atoms with Crippen molar-refractivity contribution in [1.29, 1.82) is 0 Å². The van der Waals surface area contributed by atoms with Gasteiger partial charge < -0.3 is 14.5 Å². The van der Waals surface area contributed by atoms with Crippen LogP contribution >= 0.6 is 0 Å². The smallest absolute Gasteiger partial charge is 0.259 e. The number of rotatable bonds is 2. The summed E-state index contributed by atoms with van der Waals surface area (Å²) in [5.74, 6) is 0.638. The minimum atomic E-state index is -0.136. The second-order valence-electron chi connectivity index (χ2n) is 8.92. The van der Waals surface area contributed by atoms with Gasteiger partial charge in [-0.15, -0.1) is 0 Å². The van der Waals surface area contributed by atoms with Crippen molar-refractivity contribution in [1.82, 2.24) is 29.0 Å². The zero-order valence-corrected chi connectivity index (χ0v) is 17.9. The molecular weight excluding hydrogens is 404 g/mol. The molecule has 1 fully saturated rings. The lowest BCUT2D eigenvalue weighted by atomic mass is 9.76. The normalized spacial score (nSPS) is 17.2. The van der Waals surface area contributed by atoms with E-state index in [1.54, 1.807) is 10.7 Å². The van der Waals surface area contributed by atoms with E-state index in [9.17, 15) is 9.59 Å². The van der Waals surface area contributed by atoms with Crippen LogP contribution in [0.1, 0.15) is 40.9 Å². The number of amides is 1. The first-order valence-corrected chi connectivity index (χ1v) is 11.0. The van der Waals surface area contributed by atoms with Gasteiger partial charge in [-0.1, -0.05) is 30.3 Å². The van der Waals surface area contributed by atoms with Crippen LogP contribution in [-0.2, 0) is 18.9 Å². The molecule has 1 amide bonds. The van der Waals surface area contributed by atoms with Crippen molar-refractivity contribution in [2.24, 2.45) is 7.05 Å². The molecule has 8 heteroatoms. The van der Waals surface area contributed by atoms with Crippen LogP contribution in [0.2, 0.25) is 0 Å². The number of likely N-dealkylation sites (tertiary alicyclic amines) is 1. The molecule has 1 aliphatic heterocycles. The highest BCUT2D eigenvalue weighted by Gasteiger charge is 2.45. The Morgan fingerprint density at radius 1 is 1.09 bits per heavy atom. The van der Waals surface area contributed by atoms with Gasteiger partial charge in [-0.25, -0.2) is 9.50 Å². The van der Waals surface area contributed by atoms with Gasteiger partial charge in [-0.05, 0) is 25.7 Å². The van der Waals surface area contributed by atoms with E-state index >= 15 is 0 Å². The van der Waals surface area contributed by atoms with Crippen LogP contribution in [-0.4, -0.2) is 48.0 Å². The zero-order chi connectivity index (χ0) is 21.9. The average Bonchev–Trinajstić information content (AvgIpc) is 3.51. The summed E-state index contributed by atoms with van der Waals surface area (Å²) < 4.78 is 3.65. The Morgan fingerprint density at radius 3 is 2.66 bits per heavy atom. The molecular formula is C24H24N6O2. The van der Waals surface area contributed by atoms with E-state index in [0.717, 1.165) is 48.2 Å². The fraction of sp³-hybridized carbons (Fsp3) is 0.333. The van der Waals surface area contributed by atoms with E-state index in [-0.39, 0.29) is 16.9 Å². The fourth-order valence-corrected chi connectivity index (χ4v) is 5.38. The molecule has 0 unspecified atom stereocenters. The van der Waals surface area contributed by atoms with Crippen molar-refractivity contribution in [3.63, 3.8) is 0 Å². The monoisotopic (exact) mass is 428 g/mol. The van der Waals surface area contributed by atoms with Crippen LogP contribution in [0.3, 0.4) is 0 Å². The summed E-state index contributed by atoms with van der Waals surface area (Å²) in [5, 5.41) is 4.30. The third-order valence-electron chi connectivity index (χ3n) is 7.19. The van der Waals surface area contributed by atoms with Crippen molar-refractivity contribution in [3.8, 4) is 11.4 Å².